The van der Waals surface area contributed by atoms with E-state index in [1.807, 2.05) is 48.0 Å². The second-order valence-electron chi connectivity index (χ2n) is 5.85. The number of nitrogens with two attached hydrogens (primary N) is 1. The fraction of sp³-hybridized carbons (Fsp3) is 0.100. The standard InChI is InChI=1S/C20H18N4O2/c1-2-26-16-8-4-6-14(10-16)24-11-17(13-5-3-7-15(25)9-13)18-19(21)22-12-23-20(18)24/h3-12,25H,2H2,1H3,(H2,21,22,23). The van der Waals surface area contributed by atoms with Gasteiger partial charge in [-0.15, -0.1) is 0 Å². The molecule has 6 nitrogen and oxygen atoms in total. The molecule has 4 aromatic rings. The van der Waals surface area contributed by atoms with Crippen LogP contribution in [0.4, 0.5) is 5.82 Å². The van der Waals surface area contributed by atoms with Gasteiger partial charge in [0.05, 0.1) is 17.7 Å². The Morgan fingerprint density at radius 3 is 2.77 bits per heavy atom. The largest absolute Gasteiger partial charge is 0.508 e. The number of nitrogen functional groups attached to an aromatic ring is 1. The number of benzene rings is 2. The van der Waals surface area contributed by atoms with Crippen LogP contribution < -0.4 is 10.5 Å². The monoisotopic (exact) mass is 346 g/mol. The van der Waals surface area contributed by atoms with Gasteiger partial charge in [0.15, 0.2) is 5.65 Å². The third-order valence-electron chi connectivity index (χ3n) is 4.18. The summed E-state index contributed by atoms with van der Waals surface area (Å²) in [4.78, 5) is 8.57. The van der Waals surface area contributed by atoms with Gasteiger partial charge in [0.1, 0.15) is 23.6 Å². The fourth-order valence-electron chi connectivity index (χ4n) is 3.06. The van der Waals surface area contributed by atoms with Crippen LogP contribution in [0.5, 0.6) is 11.5 Å². The average molecular weight is 346 g/mol. The predicted molar refractivity (Wildman–Crippen MR) is 102 cm³/mol. The normalized spacial score (nSPS) is 11.0. The summed E-state index contributed by atoms with van der Waals surface area (Å²) in [6.07, 6.45) is 3.41. The first kappa shape index (κ1) is 16.0. The average Bonchev–Trinajstić information content (AvgIpc) is 3.03. The maximum absolute atomic E-state index is 9.85. The van der Waals surface area contributed by atoms with Gasteiger partial charge in [-0.2, -0.15) is 0 Å². The highest BCUT2D eigenvalue weighted by Gasteiger charge is 2.16. The third-order valence-corrected chi connectivity index (χ3v) is 4.18. The number of aromatic nitrogens is 3. The minimum absolute atomic E-state index is 0.192. The molecule has 130 valence electrons. The predicted octanol–water partition coefficient (Wildman–Crippen LogP) is 3.77. The molecule has 0 atom stereocenters. The van der Waals surface area contributed by atoms with Crippen molar-refractivity contribution in [1.29, 1.82) is 0 Å². The van der Waals surface area contributed by atoms with E-state index in [2.05, 4.69) is 9.97 Å². The molecule has 0 fully saturated rings. The Balaban J connectivity index is 1.97. The Hall–Kier alpha value is -3.54. The van der Waals surface area contributed by atoms with E-state index in [-0.39, 0.29) is 5.75 Å². The number of anilines is 1. The summed E-state index contributed by atoms with van der Waals surface area (Å²) >= 11 is 0. The summed E-state index contributed by atoms with van der Waals surface area (Å²) in [5, 5.41) is 10.6. The molecule has 0 spiro atoms. The van der Waals surface area contributed by atoms with Gasteiger partial charge in [0.2, 0.25) is 0 Å². The zero-order chi connectivity index (χ0) is 18.1. The summed E-state index contributed by atoms with van der Waals surface area (Å²) in [6, 6.07) is 14.8. The Bertz CT molecular complexity index is 1090. The summed E-state index contributed by atoms with van der Waals surface area (Å²) in [7, 11) is 0. The molecule has 26 heavy (non-hydrogen) atoms. The van der Waals surface area contributed by atoms with Crippen molar-refractivity contribution in [3.05, 3.63) is 61.1 Å². The van der Waals surface area contributed by atoms with Crippen LogP contribution in [0.15, 0.2) is 61.1 Å². The summed E-state index contributed by atoms with van der Waals surface area (Å²) in [5.74, 6) is 1.37. The van der Waals surface area contributed by atoms with E-state index >= 15 is 0 Å². The second kappa shape index (κ2) is 6.40. The molecule has 2 aromatic heterocycles. The highest BCUT2D eigenvalue weighted by atomic mass is 16.5. The summed E-state index contributed by atoms with van der Waals surface area (Å²) in [5.41, 5.74) is 9.46. The SMILES string of the molecule is CCOc1cccc(-n2cc(-c3cccc(O)c3)c3c(N)ncnc32)c1. The molecule has 0 radical (unpaired) electrons. The number of aromatic hydroxyl groups is 1. The van der Waals surface area contributed by atoms with Crippen LogP contribution >= 0.6 is 0 Å². The van der Waals surface area contributed by atoms with Gasteiger partial charge in [-0.25, -0.2) is 9.97 Å². The van der Waals surface area contributed by atoms with Crippen molar-refractivity contribution in [1.82, 2.24) is 14.5 Å². The Morgan fingerprint density at radius 2 is 1.96 bits per heavy atom. The van der Waals surface area contributed by atoms with Crippen LogP contribution in [0, 0.1) is 0 Å². The molecule has 3 N–H and O–H groups in total. The van der Waals surface area contributed by atoms with Crippen LogP contribution in [-0.4, -0.2) is 26.2 Å². The molecular weight excluding hydrogens is 328 g/mol. The van der Waals surface area contributed by atoms with Crippen LogP contribution in [0.3, 0.4) is 0 Å². The Labute approximate surface area is 150 Å². The van der Waals surface area contributed by atoms with Gasteiger partial charge >= 0.3 is 0 Å². The maximum Gasteiger partial charge on any atom is 0.150 e. The number of hydrogen-bond donors (Lipinski definition) is 2. The molecule has 0 saturated heterocycles. The molecule has 0 saturated carbocycles. The molecule has 0 amide bonds. The highest BCUT2D eigenvalue weighted by molar-refractivity contribution is 6.01. The van der Waals surface area contributed by atoms with E-state index in [0.29, 0.717) is 18.1 Å². The smallest absolute Gasteiger partial charge is 0.150 e. The quantitative estimate of drug-likeness (QED) is 0.587. The van der Waals surface area contributed by atoms with Gasteiger partial charge in [0.25, 0.3) is 0 Å². The zero-order valence-electron chi connectivity index (χ0n) is 14.3. The molecule has 2 heterocycles. The van der Waals surface area contributed by atoms with E-state index in [0.717, 1.165) is 28.0 Å². The number of hydrogen-bond acceptors (Lipinski definition) is 5. The summed E-state index contributed by atoms with van der Waals surface area (Å²) in [6.45, 7) is 2.55. The lowest BCUT2D eigenvalue weighted by Gasteiger charge is -2.08. The van der Waals surface area contributed by atoms with Crippen LogP contribution in [0.1, 0.15) is 6.92 Å². The van der Waals surface area contributed by atoms with Gasteiger partial charge in [-0.1, -0.05) is 18.2 Å². The van der Waals surface area contributed by atoms with Crippen molar-refractivity contribution in [2.24, 2.45) is 0 Å². The van der Waals surface area contributed by atoms with E-state index < -0.39 is 0 Å². The molecule has 0 unspecified atom stereocenters. The first-order valence-electron chi connectivity index (χ1n) is 8.31. The number of ether oxygens (including phenoxy) is 1. The molecule has 0 bridgehead atoms. The number of nitrogens with zero attached hydrogens (tertiary/aromatic N) is 3. The Kier molecular flexibility index (Phi) is 3.93. The van der Waals surface area contributed by atoms with Crippen LogP contribution in [0.2, 0.25) is 0 Å². The van der Waals surface area contributed by atoms with Crippen molar-refractivity contribution >= 4 is 16.9 Å². The summed E-state index contributed by atoms with van der Waals surface area (Å²) < 4.78 is 7.56. The van der Waals surface area contributed by atoms with Gasteiger partial charge < -0.3 is 20.1 Å². The molecule has 2 aromatic carbocycles. The lowest BCUT2D eigenvalue weighted by Crippen LogP contribution is -1.98. The topological polar surface area (TPSA) is 86.2 Å². The highest BCUT2D eigenvalue weighted by Crippen LogP contribution is 2.35. The van der Waals surface area contributed by atoms with Gasteiger partial charge in [-0.05, 0) is 36.8 Å². The van der Waals surface area contributed by atoms with E-state index in [1.54, 1.807) is 18.2 Å². The molecule has 6 heteroatoms. The fourth-order valence-corrected chi connectivity index (χ4v) is 3.06. The van der Waals surface area contributed by atoms with Gasteiger partial charge in [-0.3, -0.25) is 0 Å². The molecule has 0 aliphatic carbocycles. The Morgan fingerprint density at radius 1 is 1.12 bits per heavy atom. The van der Waals surface area contributed by atoms with E-state index in [9.17, 15) is 5.11 Å². The van der Waals surface area contributed by atoms with Crippen molar-refractivity contribution in [2.75, 3.05) is 12.3 Å². The molecular formula is C20H18N4O2. The first-order chi connectivity index (χ1) is 12.7. The lowest BCUT2D eigenvalue weighted by molar-refractivity contribution is 0.340. The zero-order valence-corrected chi connectivity index (χ0v) is 14.3. The van der Waals surface area contributed by atoms with Crippen LogP contribution in [0.25, 0.3) is 27.8 Å². The van der Waals surface area contributed by atoms with Crippen molar-refractivity contribution in [2.45, 2.75) is 6.92 Å². The minimum atomic E-state index is 0.192. The number of phenolic OH excluding ortho intramolecular Hbond substituents is 1. The van der Waals surface area contributed by atoms with Gasteiger partial charge in [0, 0.05) is 17.8 Å². The van der Waals surface area contributed by atoms with E-state index in [4.69, 9.17) is 10.5 Å². The number of rotatable bonds is 4. The third kappa shape index (κ3) is 2.71. The number of fused-ring (bicyclic) bond motifs is 1. The maximum atomic E-state index is 9.85. The first-order valence-corrected chi connectivity index (χ1v) is 8.31. The minimum Gasteiger partial charge on any atom is -0.508 e. The van der Waals surface area contributed by atoms with Crippen LogP contribution in [-0.2, 0) is 0 Å². The van der Waals surface area contributed by atoms with Crippen molar-refractivity contribution in [3.63, 3.8) is 0 Å². The molecule has 4 rings (SSSR count). The second-order valence-corrected chi connectivity index (χ2v) is 5.85. The molecule has 0 aliphatic rings. The van der Waals surface area contributed by atoms with Crippen molar-refractivity contribution in [3.8, 4) is 28.3 Å². The lowest BCUT2D eigenvalue weighted by atomic mass is 10.1. The van der Waals surface area contributed by atoms with Crippen molar-refractivity contribution < 1.29 is 9.84 Å². The molecule has 0 aliphatic heterocycles. The van der Waals surface area contributed by atoms with E-state index in [1.165, 1.54) is 6.33 Å². The number of phenols is 1.